The van der Waals surface area contributed by atoms with Crippen LogP contribution in [0.25, 0.3) is 27.5 Å². The highest BCUT2D eigenvalue weighted by atomic mass is 28.3. The van der Waals surface area contributed by atoms with Crippen molar-refractivity contribution in [3.8, 4) is 5.69 Å². The molecule has 0 atom stereocenters. The molecule has 5 heteroatoms. The summed E-state index contributed by atoms with van der Waals surface area (Å²) >= 11 is 0. The fraction of sp³-hybridized carbons (Fsp3) is 0.167. The number of benzene rings is 2. The molecule has 0 unspecified atom stereocenters. The lowest BCUT2D eigenvalue weighted by Gasteiger charge is -2.11. The molecular weight excluding hydrogens is 300 g/mol. The molecule has 0 bridgehead atoms. The molecule has 0 N–H and O–H groups in total. The summed E-state index contributed by atoms with van der Waals surface area (Å²) in [5.41, 5.74) is 3.01. The van der Waals surface area contributed by atoms with E-state index >= 15 is 0 Å². The fourth-order valence-corrected chi connectivity index (χ4v) is 3.64. The quantitative estimate of drug-likeness (QED) is 0.419. The van der Waals surface area contributed by atoms with Gasteiger partial charge < -0.3 is 0 Å². The highest BCUT2D eigenvalue weighted by Crippen LogP contribution is 2.28. The number of hydrogen-bond acceptors (Lipinski definition) is 3. The maximum Gasteiger partial charge on any atom is 0.106 e. The number of nitrogens with zero attached hydrogens (tertiary/aromatic N) is 4. The molecule has 2 aromatic carbocycles. The van der Waals surface area contributed by atoms with E-state index in [0.29, 0.717) is 0 Å². The average molecular weight is 318 g/mol. The third kappa shape index (κ3) is 2.33. The van der Waals surface area contributed by atoms with Crippen molar-refractivity contribution in [3.05, 3.63) is 54.7 Å². The van der Waals surface area contributed by atoms with E-state index < -0.39 is 8.07 Å². The van der Waals surface area contributed by atoms with Crippen LogP contribution in [0.15, 0.2) is 54.7 Å². The van der Waals surface area contributed by atoms with Gasteiger partial charge in [0.25, 0.3) is 0 Å². The molecule has 0 aliphatic rings. The molecule has 23 heavy (non-hydrogen) atoms. The number of pyridine rings is 1. The monoisotopic (exact) mass is 318 g/mol. The molecule has 2 aromatic heterocycles. The molecule has 4 aromatic rings. The summed E-state index contributed by atoms with van der Waals surface area (Å²) in [6, 6.07) is 16.4. The largest absolute Gasteiger partial charge is 0.248 e. The fourth-order valence-electron chi connectivity index (χ4n) is 2.78. The second kappa shape index (κ2) is 4.99. The second-order valence-corrected chi connectivity index (χ2v) is 11.8. The lowest BCUT2D eigenvalue weighted by Crippen LogP contribution is -2.38. The van der Waals surface area contributed by atoms with Gasteiger partial charge >= 0.3 is 0 Å². The Morgan fingerprint density at radius 2 is 1.39 bits per heavy atom. The van der Waals surface area contributed by atoms with Crippen LogP contribution in [0, 0.1) is 0 Å². The molecule has 0 aliphatic heterocycles. The zero-order valence-electron chi connectivity index (χ0n) is 13.5. The van der Waals surface area contributed by atoms with Crippen LogP contribution in [-0.4, -0.2) is 28.1 Å². The Morgan fingerprint density at radius 1 is 0.826 bits per heavy atom. The third-order valence-corrected chi connectivity index (χ3v) is 5.82. The summed E-state index contributed by atoms with van der Waals surface area (Å²) in [7, 11) is -1.49. The lowest BCUT2D eigenvalue weighted by molar-refractivity contribution is 0.813. The molecule has 4 nitrogen and oxygen atoms in total. The number of fused-ring (bicyclic) bond motifs is 2. The maximum atomic E-state index is 4.77. The molecule has 2 heterocycles. The van der Waals surface area contributed by atoms with Gasteiger partial charge in [-0.2, -0.15) is 0 Å². The number of para-hydroxylation sites is 2. The van der Waals surface area contributed by atoms with E-state index in [1.54, 1.807) is 0 Å². The Hall–Kier alpha value is -2.53. The van der Waals surface area contributed by atoms with Crippen LogP contribution in [0.5, 0.6) is 0 Å². The summed E-state index contributed by atoms with van der Waals surface area (Å²) < 4.78 is 1.92. The minimum atomic E-state index is -1.49. The Morgan fingerprint density at radius 3 is 1.91 bits per heavy atom. The van der Waals surface area contributed by atoms with Gasteiger partial charge in [0, 0.05) is 17.0 Å². The number of aromatic nitrogens is 4. The van der Waals surface area contributed by atoms with Crippen molar-refractivity contribution >= 4 is 35.2 Å². The normalized spacial score (nSPS) is 12.1. The van der Waals surface area contributed by atoms with E-state index in [-0.39, 0.29) is 0 Å². The van der Waals surface area contributed by atoms with Crippen molar-refractivity contribution < 1.29 is 0 Å². The predicted octanol–water partition coefficient (Wildman–Crippen LogP) is 3.51. The molecule has 0 saturated carbocycles. The molecule has 4 rings (SSSR count). The molecule has 0 aliphatic carbocycles. The van der Waals surface area contributed by atoms with Gasteiger partial charge in [-0.15, -0.1) is 5.10 Å². The Kier molecular flexibility index (Phi) is 3.06. The first-order chi connectivity index (χ1) is 11.0. The lowest BCUT2D eigenvalue weighted by atomic mass is 10.1. The summed E-state index contributed by atoms with van der Waals surface area (Å²) in [6.45, 7) is 6.85. The second-order valence-electron chi connectivity index (χ2n) is 6.79. The summed E-state index contributed by atoms with van der Waals surface area (Å²) in [4.78, 5) is 4.77. The van der Waals surface area contributed by atoms with E-state index in [0.717, 1.165) is 32.8 Å². The first-order valence-electron chi connectivity index (χ1n) is 7.75. The van der Waals surface area contributed by atoms with Gasteiger partial charge in [-0.25, -0.2) is 9.67 Å². The van der Waals surface area contributed by atoms with Crippen molar-refractivity contribution in [1.29, 1.82) is 0 Å². The molecular formula is C18H18N4Si. The van der Waals surface area contributed by atoms with Crippen LogP contribution in [0.4, 0.5) is 0 Å². The van der Waals surface area contributed by atoms with Gasteiger partial charge in [0.05, 0.1) is 22.0 Å². The number of hydrogen-bond donors (Lipinski definition) is 0. The summed E-state index contributed by atoms with van der Waals surface area (Å²) in [6.07, 6.45) is 2.08. The standard InChI is InChI=1S/C18H18N4Si/c1-23(2,3)17-12-22(21-20-17)18-13-8-4-6-10-15(13)19-16-11-7-5-9-14(16)18/h4-12H,1-3H3. The zero-order valence-corrected chi connectivity index (χ0v) is 14.5. The maximum absolute atomic E-state index is 4.77. The SMILES string of the molecule is C[Si](C)(C)c1cn(-c2c3ccccc3nc3ccccc23)nn1. The minimum absolute atomic E-state index is 0.978. The molecule has 0 fully saturated rings. The predicted molar refractivity (Wildman–Crippen MR) is 97.1 cm³/mol. The van der Waals surface area contributed by atoms with E-state index in [1.165, 1.54) is 0 Å². The molecule has 0 amide bonds. The summed E-state index contributed by atoms with van der Waals surface area (Å²) in [5.74, 6) is 0. The topological polar surface area (TPSA) is 43.6 Å². The van der Waals surface area contributed by atoms with Crippen LogP contribution >= 0.6 is 0 Å². The first-order valence-corrected chi connectivity index (χ1v) is 11.2. The van der Waals surface area contributed by atoms with Crippen LogP contribution < -0.4 is 5.32 Å². The Bertz CT molecular complexity index is 960. The molecule has 0 spiro atoms. The van der Waals surface area contributed by atoms with Gasteiger partial charge in [0.1, 0.15) is 8.07 Å². The molecule has 0 saturated heterocycles. The Balaban J connectivity index is 2.09. The highest BCUT2D eigenvalue weighted by molar-refractivity contribution is 6.88. The van der Waals surface area contributed by atoms with Gasteiger partial charge in [-0.05, 0) is 12.1 Å². The van der Waals surface area contributed by atoms with Crippen LogP contribution in [0.1, 0.15) is 0 Å². The number of rotatable bonds is 2. The minimum Gasteiger partial charge on any atom is -0.248 e. The zero-order chi connectivity index (χ0) is 16.0. The van der Waals surface area contributed by atoms with Crippen LogP contribution in [-0.2, 0) is 0 Å². The highest BCUT2D eigenvalue weighted by Gasteiger charge is 2.22. The van der Waals surface area contributed by atoms with E-state index in [1.807, 2.05) is 41.1 Å². The van der Waals surface area contributed by atoms with E-state index in [9.17, 15) is 0 Å². The van der Waals surface area contributed by atoms with Gasteiger partial charge in [0.15, 0.2) is 0 Å². The molecule has 114 valence electrons. The van der Waals surface area contributed by atoms with Crippen molar-refractivity contribution in [1.82, 2.24) is 20.0 Å². The van der Waals surface area contributed by atoms with Gasteiger partial charge in [-0.3, -0.25) is 0 Å². The van der Waals surface area contributed by atoms with Crippen molar-refractivity contribution in [2.24, 2.45) is 0 Å². The molecule has 0 radical (unpaired) electrons. The van der Waals surface area contributed by atoms with Crippen molar-refractivity contribution in [2.75, 3.05) is 0 Å². The van der Waals surface area contributed by atoms with E-state index in [2.05, 4.69) is 48.3 Å². The van der Waals surface area contributed by atoms with E-state index in [4.69, 9.17) is 4.98 Å². The smallest absolute Gasteiger partial charge is 0.106 e. The Labute approximate surface area is 135 Å². The van der Waals surface area contributed by atoms with Crippen LogP contribution in [0.3, 0.4) is 0 Å². The van der Waals surface area contributed by atoms with Crippen LogP contribution in [0.2, 0.25) is 19.6 Å². The third-order valence-electron chi connectivity index (χ3n) is 4.05. The average Bonchev–Trinajstić information content (AvgIpc) is 3.02. The summed E-state index contributed by atoms with van der Waals surface area (Å²) in [5, 5.41) is 12.2. The van der Waals surface area contributed by atoms with Crippen molar-refractivity contribution in [3.63, 3.8) is 0 Å². The first kappa shape index (κ1) is 14.1. The van der Waals surface area contributed by atoms with Crippen molar-refractivity contribution in [2.45, 2.75) is 19.6 Å². The van der Waals surface area contributed by atoms with Gasteiger partial charge in [-0.1, -0.05) is 61.3 Å². The van der Waals surface area contributed by atoms with Gasteiger partial charge in [0.2, 0.25) is 0 Å².